The molecular weight excluding hydrogens is 230 g/mol. The molecule has 0 aliphatic rings. The molecule has 2 aromatic heterocycles. The Morgan fingerprint density at radius 2 is 2.29 bits per heavy atom. The number of pyridine rings is 1. The quantitative estimate of drug-likeness (QED) is 0.903. The van der Waals surface area contributed by atoms with Crippen LogP contribution in [-0.4, -0.2) is 16.5 Å². The molecule has 0 amide bonds. The fraction of sp³-hybridized carbons (Fsp3) is 0.385. The molecule has 4 heteroatoms. The number of aryl methyl sites for hydroxylation is 1. The Balaban J connectivity index is 2.25. The van der Waals surface area contributed by atoms with E-state index < -0.39 is 0 Å². The van der Waals surface area contributed by atoms with Gasteiger partial charge < -0.3 is 5.73 Å². The molecule has 2 N–H and O–H groups in total. The molecule has 2 aromatic rings. The minimum absolute atomic E-state index is 0.510. The number of aromatic nitrogens is 2. The summed E-state index contributed by atoms with van der Waals surface area (Å²) in [6.07, 6.45) is 4.65. The minimum Gasteiger partial charge on any atom is -0.330 e. The van der Waals surface area contributed by atoms with E-state index >= 15 is 0 Å². The summed E-state index contributed by atoms with van der Waals surface area (Å²) >= 11 is 1.75. The number of rotatable bonds is 4. The maximum Gasteiger partial charge on any atom is 0.125 e. The first kappa shape index (κ1) is 12.2. The van der Waals surface area contributed by atoms with Crippen LogP contribution < -0.4 is 5.73 Å². The number of hydrogen-bond acceptors (Lipinski definition) is 4. The van der Waals surface area contributed by atoms with Gasteiger partial charge in [0.05, 0.1) is 5.69 Å². The first-order valence-corrected chi connectivity index (χ1v) is 6.59. The molecule has 17 heavy (non-hydrogen) atoms. The average Bonchev–Trinajstić information content (AvgIpc) is 2.72. The van der Waals surface area contributed by atoms with Crippen LogP contribution in [0.2, 0.25) is 0 Å². The summed E-state index contributed by atoms with van der Waals surface area (Å²) in [5, 5.41) is 1.05. The predicted octanol–water partition coefficient (Wildman–Crippen LogP) is 2.65. The van der Waals surface area contributed by atoms with Crippen LogP contribution in [0, 0.1) is 12.8 Å². The summed E-state index contributed by atoms with van der Waals surface area (Å²) in [6, 6.07) is 3.98. The lowest BCUT2D eigenvalue weighted by atomic mass is 10.1. The third-order valence-corrected chi connectivity index (χ3v) is 3.97. The normalized spacial score (nSPS) is 12.6. The lowest BCUT2D eigenvalue weighted by Crippen LogP contribution is -2.12. The van der Waals surface area contributed by atoms with Crippen molar-refractivity contribution in [2.24, 2.45) is 11.7 Å². The van der Waals surface area contributed by atoms with Gasteiger partial charge in [-0.05, 0) is 37.9 Å². The van der Waals surface area contributed by atoms with E-state index in [4.69, 9.17) is 5.73 Å². The van der Waals surface area contributed by atoms with E-state index in [2.05, 4.69) is 23.8 Å². The third kappa shape index (κ3) is 2.90. The molecule has 0 aromatic carbocycles. The predicted molar refractivity (Wildman–Crippen MR) is 72.0 cm³/mol. The standard InChI is InChI=1S/C13H17N3S/c1-9(7-14)6-12-10(2)16-13(17-12)11-4-3-5-15-8-11/h3-5,8-9H,6-7,14H2,1-2H3. The van der Waals surface area contributed by atoms with E-state index in [0.717, 1.165) is 29.2 Å². The van der Waals surface area contributed by atoms with E-state index in [0.29, 0.717) is 5.92 Å². The van der Waals surface area contributed by atoms with Gasteiger partial charge in [-0.15, -0.1) is 11.3 Å². The summed E-state index contributed by atoms with van der Waals surface area (Å²) in [5.74, 6) is 0.510. The average molecular weight is 247 g/mol. The minimum atomic E-state index is 0.510. The highest BCUT2D eigenvalue weighted by atomic mass is 32.1. The summed E-state index contributed by atoms with van der Waals surface area (Å²) in [5.41, 5.74) is 7.87. The fourth-order valence-electron chi connectivity index (χ4n) is 1.63. The topological polar surface area (TPSA) is 51.8 Å². The Hall–Kier alpha value is -1.26. The smallest absolute Gasteiger partial charge is 0.125 e. The van der Waals surface area contributed by atoms with Crippen LogP contribution in [-0.2, 0) is 6.42 Å². The van der Waals surface area contributed by atoms with Gasteiger partial charge in [0, 0.05) is 22.8 Å². The van der Waals surface area contributed by atoms with E-state index in [1.165, 1.54) is 4.88 Å². The Morgan fingerprint density at radius 1 is 1.47 bits per heavy atom. The molecule has 0 saturated heterocycles. The molecular formula is C13H17N3S. The zero-order valence-electron chi connectivity index (χ0n) is 10.2. The van der Waals surface area contributed by atoms with Crippen LogP contribution in [0.5, 0.6) is 0 Å². The number of hydrogen-bond donors (Lipinski definition) is 1. The van der Waals surface area contributed by atoms with Crippen molar-refractivity contribution in [3.63, 3.8) is 0 Å². The van der Waals surface area contributed by atoms with Crippen molar-refractivity contribution in [1.29, 1.82) is 0 Å². The Labute approximate surface area is 106 Å². The van der Waals surface area contributed by atoms with Crippen molar-refractivity contribution in [3.05, 3.63) is 35.1 Å². The van der Waals surface area contributed by atoms with Crippen LogP contribution >= 0.6 is 11.3 Å². The van der Waals surface area contributed by atoms with Gasteiger partial charge in [-0.3, -0.25) is 4.98 Å². The van der Waals surface area contributed by atoms with Crippen molar-refractivity contribution in [2.75, 3.05) is 6.54 Å². The summed E-state index contributed by atoms with van der Waals surface area (Å²) < 4.78 is 0. The molecule has 0 fully saturated rings. The fourth-order valence-corrected chi connectivity index (χ4v) is 2.85. The molecule has 0 bridgehead atoms. The largest absolute Gasteiger partial charge is 0.330 e. The van der Waals surface area contributed by atoms with E-state index in [-0.39, 0.29) is 0 Å². The molecule has 2 heterocycles. The first-order chi connectivity index (χ1) is 8.20. The number of nitrogens with zero attached hydrogens (tertiary/aromatic N) is 2. The molecule has 3 nitrogen and oxygen atoms in total. The molecule has 0 aliphatic heterocycles. The van der Waals surface area contributed by atoms with E-state index in [1.807, 2.05) is 18.3 Å². The Morgan fingerprint density at radius 3 is 2.94 bits per heavy atom. The van der Waals surface area contributed by atoms with Crippen LogP contribution in [0.25, 0.3) is 10.6 Å². The van der Waals surface area contributed by atoms with Crippen molar-refractivity contribution in [1.82, 2.24) is 9.97 Å². The molecule has 90 valence electrons. The zero-order chi connectivity index (χ0) is 12.3. The monoisotopic (exact) mass is 247 g/mol. The first-order valence-electron chi connectivity index (χ1n) is 5.77. The van der Waals surface area contributed by atoms with Gasteiger partial charge >= 0.3 is 0 Å². The maximum absolute atomic E-state index is 5.66. The highest BCUT2D eigenvalue weighted by Gasteiger charge is 2.11. The van der Waals surface area contributed by atoms with Gasteiger partial charge in [-0.2, -0.15) is 0 Å². The van der Waals surface area contributed by atoms with Crippen LogP contribution in [0.1, 0.15) is 17.5 Å². The molecule has 1 unspecified atom stereocenters. The van der Waals surface area contributed by atoms with Gasteiger partial charge in [0.15, 0.2) is 0 Å². The van der Waals surface area contributed by atoms with E-state index in [9.17, 15) is 0 Å². The summed E-state index contributed by atoms with van der Waals surface area (Å²) in [4.78, 5) is 10.1. The van der Waals surface area contributed by atoms with Gasteiger partial charge in [0.2, 0.25) is 0 Å². The maximum atomic E-state index is 5.66. The van der Waals surface area contributed by atoms with Crippen molar-refractivity contribution in [3.8, 4) is 10.6 Å². The molecule has 2 rings (SSSR count). The third-order valence-electron chi connectivity index (χ3n) is 2.74. The number of thiazole rings is 1. The second-order valence-electron chi connectivity index (χ2n) is 4.31. The highest BCUT2D eigenvalue weighted by Crippen LogP contribution is 2.28. The molecule has 0 aliphatic carbocycles. The highest BCUT2D eigenvalue weighted by molar-refractivity contribution is 7.15. The second-order valence-corrected chi connectivity index (χ2v) is 5.40. The Bertz CT molecular complexity index is 479. The summed E-state index contributed by atoms with van der Waals surface area (Å²) in [7, 11) is 0. The SMILES string of the molecule is Cc1nc(-c2cccnc2)sc1CC(C)CN. The van der Waals surface area contributed by atoms with Crippen molar-refractivity contribution in [2.45, 2.75) is 20.3 Å². The van der Waals surface area contributed by atoms with Crippen molar-refractivity contribution >= 4 is 11.3 Å². The Kier molecular flexibility index (Phi) is 3.86. The number of nitrogens with two attached hydrogens (primary N) is 1. The van der Waals surface area contributed by atoms with Crippen LogP contribution in [0.3, 0.4) is 0 Å². The molecule has 0 radical (unpaired) electrons. The van der Waals surface area contributed by atoms with Crippen molar-refractivity contribution < 1.29 is 0 Å². The molecule has 0 spiro atoms. The van der Waals surface area contributed by atoms with Crippen LogP contribution in [0.4, 0.5) is 0 Å². The van der Waals surface area contributed by atoms with Gasteiger partial charge in [0.1, 0.15) is 5.01 Å². The lowest BCUT2D eigenvalue weighted by molar-refractivity contribution is 0.596. The molecule has 0 saturated carbocycles. The van der Waals surface area contributed by atoms with Crippen LogP contribution in [0.15, 0.2) is 24.5 Å². The second kappa shape index (κ2) is 5.38. The van der Waals surface area contributed by atoms with Gasteiger partial charge in [-0.1, -0.05) is 6.92 Å². The zero-order valence-corrected chi connectivity index (χ0v) is 11.0. The lowest BCUT2D eigenvalue weighted by Gasteiger charge is -2.05. The van der Waals surface area contributed by atoms with E-state index in [1.54, 1.807) is 17.5 Å². The molecule has 1 atom stereocenters. The van der Waals surface area contributed by atoms with Gasteiger partial charge in [-0.25, -0.2) is 4.98 Å². The van der Waals surface area contributed by atoms with Gasteiger partial charge in [0.25, 0.3) is 0 Å². The summed E-state index contributed by atoms with van der Waals surface area (Å²) in [6.45, 7) is 4.96.